The van der Waals surface area contributed by atoms with E-state index >= 15 is 0 Å². The molecule has 110 valence electrons. The van der Waals surface area contributed by atoms with Gasteiger partial charge in [-0.3, -0.25) is 4.79 Å². The first-order valence-electron chi connectivity index (χ1n) is 6.61. The Morgan fingerprint density at radius 2 is 2.15 bits per heavy atom. The molecule has 1 aromatic rings. The standard InChI is InChI=1S/C13H20N4O3/c1-14-12(18)10-3-4-11(16-15-10)17(2)9-13(19)5-7-20-8-6-13/h3-4,19H,5-9H2,1-2H3,(H,14,18). The molecule has 7 nitrogen and oxygen atoms in total. The number of hydrogen-bond acceptors (Lipinski definition) is 6. The second-order valence-electron chi connectivity index (χ2n) is 5.05. The Morgan fingerprint density at radius 3 is 2.70 bits per heavy atom. The Labute approximate surface area is 117 Å². The first kappa shape index (κ1) is 14.7. The summed E-state index contributed by atoms with van der Waals surface area (Å²) in [5.74, 6) is 0.354. The topological polar surface area (TPSA) is 87.6 Å². The van der Waals surface area contributed by atoms with Gasteiger partial charge in [-0.1, -0.05) is 0 Å². The van der Waals surface area contributed by atoms with E-state index in [4.69, 9.17) is 4.74 Å². The highest BCUT2D eigenvalue weighted by atomic mass is 16.5. The highest BCUT2D eigenvalue weighted by Crippen LogP contribution is 2.23. The second kappa shape index (κ2) is 6.15. The summed E-state index contributed by atoms with van der Waals surface area (Å²) in [5, 5.41) is 20.8. The number of aromatic nitrogens is 2. The van der Waals surface area contributed by atoms with Crippen LogP contribution in [0.1, 0.15) is 23.3 Å². The van der Waals surface area contributed by atoms with E-state index in [9.17, 15) is 9.90 Å². The third-order valence-corrected chi connectivity index (χ3v) is 3.46. The molecule has 0 unspecified atom stereocenters. The number of anilines is 1. The number of carbonyl (C=O) groups excluding carboxylic acids is 1. The Morgan fingerprint density at radius 1 is 1.45 bits per heavy atom. The van der Waals surface area contributed by atoms with Gasteiger partial charge in [0, 0.05) is 46.7 Å². The summed E-state index contributed by atoms with van der Waals surface area (Å²) >= 11 is 0. The molecule has 7 heteroatoms. The third kappa shape index (κ3) is 3.43. The predicted octanol–water partition coefficient (Wildman–Crippen LogP) is -0.186. The minimum absolute atomic E-state index is 0.269. The van der Waals surface area contributed by atoms with E-state index in [-0.39, 0.29) is 11.6 Å². The predicted molar refractivity (Wildman–Crippen MR) is 73.7 cm³/mol. The van der Waals surface area contributed by atoms with Crippen molar-refractivity contribution in [2.24, 2.45) is 0 Å². The van der Waals surface area contributed by atoms with Gasteiger partial charge in [-0.15, -0.1) is 10.2 Å². The Hall–Kier alpha value is -1.73. The van der Waals surface area contributed by atoms with Crippen molar-refractivity contribution in [2.75, 3.05) is 38.8 Å². The fourth-order valence-electron chi connectivity index (χ4n) is 2.21. The molecule has 1 aliphatic heterocycles. The van der Waals surface area contributed by atoms with Crippen LogP contribution in [0.2, 0.25) is 0 Å². The highest BCUT2D eigenvalue weighted by molar-refractivity contribution is 5.91. The third-order valence-electron chi connectivity index (χ3n) is 3.46. The molecule has 0 radical (unpaired) electrons. The van der Waals surface area contributed by atoms with E-state index in [1.807, 2.05) is 11.9 Å². The van der Waals surface area contributed by atoms with E-state index in [1.54, 1.807) is 19.2 Å². The minimum atomic E-state index is -0.756. The fourth-order valence-corrected chi connectivity index (χ4v) is 2.21. The molecular formula is C13H20N4O3. The Kier molecular flexibility index (Phi) is 4.51. The van der Waals surface area contributed by atoms with Crippen molar-refractivity contribution < 1.29 is 14.6 Å². The first-order chi connectivity index (χ1) is 9.54. The number of nitrogens with one attached hydrogen (secondary N) is 1. The van der Waals surface area contributed by atoms with Crippen molar-refractivity contribution in [3.05, 3.63) is 17.8 Å². The van der Waals surface area contributed by atoms with Gasteiger partial charge in [-0.25, -0.2) is 0 Å². The molecule has 0 bridgehead atoms. The fraction of sp³-hybridized carbons (Fsp3) is 0.615. The van der Waals surface area contributed by atoms with Crippen LogP contribution in [-0.4, -0.2) is 60.7 Å². The summed E-state index contributed by atoms with van der Waals surface area (Å²) in [7, 11) is 3.39. The number of likely N-dealkylation sites (N-methyl/N-ethyl adjacent to an activating group) is 1. The van der Waals surface area contributed by atoms with Crippen LogP contribution < -0.4 is 10.2 Å². The molecule has 1 amide bonds. The molecule has 1 fully saturated rings. The summed E-state index contributed by atoms with van der Waals surface area (Å²) in [6, 6.07) is 3.34. The van der Waals surface area contributed by atoms with E-state index in [0.29, 0.717) is 38.4 Å². The zero-order valence-corrected chi connectivity index (χ0v) is 11.8. The lowest BCUT2D eigenvalue weighted by Gasteiger charge is -2.35. The van der Waals surface area contributed by atoms with Crippen LogP contribution in [0.5, 0.6) is 0 Å². The molecule has 1 aliphatic rings. The number of carbonyl (C=O) groups is 1. The summed E-state index contributed by atoms with van der Waals surface area (Å²) in [6.07, 6.45) is 1.22. The smallest absolute Gasteiger partial charge is 0.271 e. The van der Waals surface area contributed by atoms with E-state index in [0.717, 1.165) is 0 Å². The Bertz CT molecular complexity index is 457. The summed E-state index contributed by atoms with van der Waals surface area (Å²) < 4.78 is 5.26. The Balaban J connectivity index is 2.01. The molecule has 0 spiro atoms. The van der Waals surface area contributed by atoms with Crippen molar-refractivity contribution >= 4 is 11.7 Å². The summed E-state index contributed by atoms with van der Waals surface area (Å²) in [4.78, 5) is 13.2. The maximum atomic E-state index is 11.4. The average Bonchev–Trinajstić information content (AvgIpc) is 2.47. The molecular weight excluding hydrogens is 260 g/mol. The molecule has 0 saturated carbocycles. The average molecular weight is 280 g/mol. The molecule has 0 atom stereocenters. The summed E-state index contributed by atoms with van der Waals surface area (Å²) in [5.41, 5.74) is -0.483. The number of ether oxygens (including phenoxy) is 1. The SMILES string of the molecule is CNC(=O)c1ccc(N(C)CC2(O)CCOCC2)nn1. The van der Waals surface area contributed by atoms with Crippen LogP contribution in [0.3, 0.4) is 0 Å². The van der Waals surface area contributed by atoms with Gasteiger partial charge < -0.3 is 20.1 Å². The summed E-state index contributed by atoms with van der Waals surface area (Å²) in [6.45, 7) is 1.61. The van der Waals surface area contributed by atoms with Gasteiger partial charge in [-0.2, -0.15) is 0 Å². The minimum Gasteiger partial charge on any atom is -0.388 e. The molecule has 1 aromatic heterocycles. The van der Waals surface area contributed by atoms with Crippen LogP contribution in [0.15, 0.2) is 12.1 Å². The largest absolute Gasteiger partial charge is 0.388 e. The van der Waals surface area contributed by atoms with Gasteiger partial charge in [0.1, 0.15) is 0 Å². The van der Waals surface area contributed by atoms with Crippen LogP contribution in [-0.2, 0) is 4.74 Å². The van der Waals surface area contributed by atoms with Gasteiger partial charge >= 0.3 is 0 Å². The molecule has 0 aliphatic carbocycles. The van der Waals surface area contributed by atoms with E-state index in [2.05, 4.69) is 15.5 Å². The van der Waals surface area contributed by atoms with Crippen LogP contribution in [0.4, 0.5) is 5.82 Å². The van der Waals surface area contributed by atoms with Crippen molar-refractivity contribution in [1.82, 2.24) is 15.5 Å². The first-order valence-corrected chi connectivity index (χ1v) is 6.61. The highest BCUT2D eigenvalue weighted by Gasteiger charge is 2.31. The van der Waals surface area contributed by atoms with Crippen molar-refractivity contribution in [1.29, 1.82) is 0 Å². The van der Waals surface area contributed by atoms with E-state index < -0.39 is 5.60 Å². The van der Waals surface area contributed by atoms with Gasteiger partial charge in [-0.05, 0) is 12.1 Å². The molecule has 1 saturated heterocycles. The van der Waals surface area contributed by atoms with Gasteiger partial charge in [0.25, 0.3) is 5.91 Å². The molecule has 2 heterocycles. The maximum absolute atomic E-state index is 11.4. The lowest BCUT2D eigenvalue weighted by molar-refractivity contribution is -0.0573. The zero-order valence-electron chi connectivity index (χ0n) is 11.8. The maximum Gasteiger partial charge on any atom is 0.271 e. The van der Waals surface area contributed by atoms with Gasteiger partial charge in [0.2, 0.25) is 0 Å². The number of hydrogen-bond donors (Lipinski definition) is 2. The molecule has 0 aromatic carbocycles. The van der Waals surface area contributed by atoms with E-state index in [1.165, 1.54) is 0 Å². The lowest BCUT2D eigenvalue weighted by atomic mass is 9.94. The monoisotopic (exact) mass is 280 g/mol. The number of rotatable bonds is 4. The van der Waals surface area contributed by atoms with Crippen molar-refractivity contribution in [3.63, 3.8) is 0 Å². The van der Waals surface area contributed by atoms with Crippen LogP contribution in [0, 0.1) is 0 Å². The molecule has 2 rings (SSSR count). The molecule has 2 N–H and O–H groups in total. The van der Waals surface area contributed by atoms with Gasteiger partial charge in [0.15, 0.2) is 11.5 Å². The number of amides is 1. The van der Waals surface area contributed by atoms with Crippen molar-refractivity contribution in [2.45, 2.75) is 18.4 Å². The van der Waals surface area contributed by atoms with Gasteiger partial charge in [0.05, 0.1) is 5.60 Å². The van der Waals surface area contributed by atoms with Crippen LogP contribution >= 0.6 is 0 Å². The number of aliphatic hydroxyl groups is 1. The molecule has 20 heavy (non-hydrogen) atoms. The van der Waals surface area contributed by atoms with Crippen LogP contribution in [0.25, 0.3) is 0 Å². The normalized spacial score (nSPS) is 17.6. The zero-order chi connectivity index (χ0) is 14.6. The van der Waals surface area contributed by atoms with Crippen molar-refractivity contribution in [3.8, 4) is 0 Å². The quantitative estimate of drug-likeness (QED) is 0.795. The number of nitrogens with zero attached hydrogens (tertiary/aromatic N) is 3. The lowest BCUT2D eigenvalue weighted by Crippen LogP contribution is -2.46. The second-order valence-corrected chi connectivity index (χ2v) is 5.05.